The Labute approximate surface area is 522 Å². The van der Waals surface area contributed by atoms with Crippen LogP contribution in [0.4, 0.5) is 0 Å². The van der Waals surface area contributed by atoms with Crippen LogP contribution in [0, 0.1) is 49.4 Å². The van der Waals surface area contributed by atoms with Crippen molar-refractivity contribution >= 4 is 11.9 Å². The lowest BCUT2D eigenvalue weighted by Gasteiger charge is -2.38. The first-order valence-corrected chi connectivity index (χ1v) is 32.4. The maximum atomic E-state index is 11.6. The Morgan fingerprint density at radius 3 is 1.50 bits per heavy atom. The van der Waals surface area contributed by atoms with E-state index in [0.717, 1.165) is 65.2 Å². The van der Waals surface area contributed by atoms with Gasteiger partial charge in [0.15, 0.2) is 11.9 Å². The van der Waals surface area contributed by atoms with Gasteiger partial charge in [-0.1, -0.05) is 219 Å². The number of benzene rings is 1. The number of carbonyl (C=O) groups is 2. The van der Waals surface area contributed by atoms with Crippen molar-refractivity contribution in [1.82, 2.24) is 0 Å². The van der Waals surface area contributed by atoms with E-state index in [9.17, 15) is 9.59 Å². The number of allylic oxidation sites excluding steroid dienone is 22. The summed E-state index contributed by atoms with van der Waals surface area (Å²) >= 11 is 0. The summed E-state index contributed by atoms with van der Waals surface area (Å²) in [6.07, 6.45) is 49.5. The monoisotopic (exact) mass is 1180 g/mol. The lowest BCUT2D eigenvalue weighted by molar-refractivity contribution is -0.147. The number of hydrogen-bond acceptors (Lipinski definition) is 9. The molecular weight excluding hydrogens is 1070 g/mol. The second kappa shape index (κ2) is 36.0. The Morgan fingerprint density at radius 1 is 0.616 bits per heavy atom. The van der Waals surface area contributed by atoms with Crippen molar-refractivity contribution in [3.05, 3.63) is 163 Å². The lowest BCUT2D eigenvalue weighted by atomic mass is 9.72. The van der Waals surface area contributed by atoms with Gasteiger partial charge in [0, 0.05) is 12.5 Å². The van der Waals surface area contributed by atoms with Gasteiger partial charge in [-0.15, -0.1) is 0 Å². The van der Waals surface area contributed by atoms with Crippen LogP contribution in [-0.4, -0.2) is 56.8 Å². The fraction of sp³-hybridized carbons (Fsp3) is 0.584. The number of carbonyl (C=O) groups excluding carboxylic acids is 2. The largest absolute Gasteiger partial charge is 0.505 e. The number of esters is 2. The van der Waals surface area contributed by atoms with E-state index < -0.39 is 36.3 Å². The molecule has 0 spiro atoms. The van der Waals surface area contributed by atoms with Crippen molar-refractivity contribution < 1.29 is 44.2 Å². The molecule has 4 N–H and O–H groups in total. The van der Waals surface area contributed by atoms with Crippen LogP contribution < -0.4 is 9.47 Å². The zero-order chi connectivity index (χ0) is 64.5. The quantitative estimate of drug-likeness (QED) is 0.0427. The predicted molar refractivity (Wildman–Crippen MR) is 361 cm³/mol. The van der Waals surface area contributed by atoms with Gasteiger partial charge in [-0.25, -0.2) is 4.79 Å². The molecule has 0 saturated heterocycles. The van der Waals surface area contributed by atoms with E-state index in [1.807, 2.05) is 6.92 Å². The number of rotatable bonds is 25. The smallest absolute Gasteiger partial charge is 0.377 e. The molecule has 1 aromatic carbocycles. The molecule has 5 atom stereocenters. The molecule has 0 amide bonds. The molecule has 5 rings (SSSR count). The Morgan fingerprint density at radius 2 is 1.07 bits per heavy atom. The maximum Gasteiger partial charge on any atom is 0.377 e. The summed E-state index contributed by atoms with van der Waals surface area (Å²) in [5.41, 5.74) is 16.0. The van der Waals surface area contributed by atoms with Crippen LogP contribution in [-0.2, 0) is 20.7 Å². The normalized spacial score (nSPS) is 21.5. The Kier molecular flexibility index (Phi) is 31.2. The molecule has 86 heavy (non-hydrogen) atoms. The van der Waals surface area contributed by atoms with Crippen LogP contribution in [0.3, 0.4) is 0 Å². The molecular formula is C77H116O9. The first-order valence-electron chi connectivity index (χ1n) is 32.4. The second-order valence-corrected chi connectivity index (χ2v) is 27.6. The third-order valence-corrected chi connectivity index (χ3v) is 17.9. The van der Waals surface area contributed by atoms with E-state index in [-0.39, 0.29) is 11.6 Å². The highest BCUT2D eigenvalue weighted by molar-refractivity contribution is 5.89. The standard InChI is InChI=1S/C40H56.C31H52O3.C6H8O6/c1-31(19-13-21-33(3)25-27-37-35(5)23-15-29-39(37,7)8)17-11-12-18-32(2)20-14-22-34(4)26-28-38-36(6)24-16-30-40(38,9)10;1-21(2)13-10-14-22(3)15-11-16-23(4)17-12-19-31(9)20-18-28-26(7)29(33-27(8)32)24(5)25(6)30(28)34-31;7-1-2(8)5-3(9)4(10)6(11)12-5/h11-14,17-22,25-28H,15-16,23-24,29-30H2,1-10H3;21-23H,10-20H2,1-9H3;2,5,7-10H,1H2/b12-11+,19-13+,20-14+,27-25+,28-26+,31-17+,32-18+,33-21+,34-22+;;/t;;2-,5+/m..0/s1. The molecule has 3 unspecified atom stereocenters. The molecule has 0 aromatic heterocycles. The molecule has 0 saturated carbocycles. The second-order valence-electron chi connectivity index (χ2n) is 27.6. The van der Waals surface area contributed by atoms with Gasteiger partial charge in [-0.3, -0.25) is 4.79 Å². The Hall–Kier alpha value is -5.64. The van der Waals surface area contributed by atoms with Gasteiger partial charge in [0.2, 0.25) is 5.76 Å². The predicted octanol–water partition coefficient (Wildman–Crippen LogP) is 20.3. The Balaban J connectivity index is 0.000000380. The summed E-state index contributed by atoms with van der Waals surface area (Å²) in [5, 5.41) is 35.0. The van der Waals surface area contributed by atoms with E-state index in [1.165, 1.54) is 136 Å². The Bertz CT molecular complexity index is 2710. The summed E-state index contributed by atoms with van der Waals surface area (Å²) in [6, 6.07) is 0. The summed E-state index contributed by atoms with van der Waals surface area (Å²) in [6.45, 7) is 41.5. The van der Waals surface area contributed by atoms with E-state index in [0.29, 0.717) is 10.8 Å². The molecule has 0 bridgehead atoms. The molecule has 9 heteroatoms. The molecule has 2 aliphatic heterocycles. The molecule has 1 aromatic rings. The zero-order valence-electron chi connectivity index (χ0n) is 57.0. The summed E-state index contributed by atoms with van der Waals surface area (Å²) in [7, 11) is 0. The van der Waals surface area contributed by atoms with E-state index in [1.54, 1.807) is 11.1 Å². The van der Waals surface area contributed by atoms with Crippen LogP contribution in [0.5, 0.6) is 11.5 Å². The topological polar surface area (TPSA) is 143 Å². The first kappa shape index (κ1) is 74.6. The molecule has 9 nitrogen and oxygen atoms in total. The average molecular weight is 1190 g/mol. The highest BCUT2D eigenvalue weighted by Crippen LogP contribution is 2.46. The zero-order valence-corrected chi connectivity index (χ0v) is 57.0. The summed E-state index contributed by atoms with van der Waals surface area (Å²) in [4.78, 5) is 22.1. The van der Waals surface area contributed by atoms with E-state index in [4.69, 9.17) is 29.9 Å². The van der Waals surface area contributed by atoms with E-state index >= 15 is 0 Å². The highest BCUT2D eigenvalue weighted by Gasteiger charge is 2.39. The molecule has 0 radical (unpaired) electrons. The number of aliphatic hydroxyl groups excluding tert-OH is 4. The first-order chi connectivity index (χ1) is 40.3. The van der Waals surface area contributed by atoms with Gasteiger partial charge in [-0.2, -0.15) is 0 Å². The van der Waals surface area contributed by atoms with Crippen LogP contribution in [0.1, 0.15) is 236 Å². The van der Waals surface area contributed by atoms with E-state index in [2.05, 4.69) is 208 Å². The maximum absolute atomic E-state index is 11.6. The lowest BCUT2D eigenvalue weighted by Crippen LogP contribution is -2.37. The number of ether oxygens (including phenoxy) is 3. The fourth-order valence-electron chi connectivity index (χ4n) is 12.2. The van der Waals surface area contributed by atoms with Crippen molar-refractivity contribution in [2.24, 2.45) is 28.6 Å². The van der Waals surface area contributed by atoms with Gasteiger partial charge < -0.3 is 34.6 Å². The van der Waals surface area contributed by atoms with Crippen molar-refractivity contribution in [1.29, 1.82) is 0 Å². The number of fused-ring (bicyclic) bond motifs is 1. The van der Waals surface area contributed by atoms with Crippen LogP contribution in [0.2, 0.25) is 0 Å². The van der Waals surface area contributed by atoms with Crippen LogP contribution in [0.25, 0.3) is 0 Å². The van der Waals surface area contributed by atoms with Crippen molar-refractivity contribution in [2.45, 2.75) is 259 Å². The van der Waals surface area contributed by atoms with Crippen LogP contribution >= 0.6 is 0 Å². The molecule has 4 aliphatic rings. The summed E-state index contributed by atoms with van der Waals surface area (Å²) in [5.74, 6) is 1.21. The van der Waals surface area contributed by atoms with Crippen LogP contribution in [0.15, 0.2) is 141 Å². The minimum absolute atomic E-state index is 0.107. The van der Waals surface area contributed by atoms with Gasteiger partial charge >= 0.3 is 11.9 Å². The number of hydrogen-bond donors (Lipinski definition) is 4. The minimum atomic E-state index is -1.42. The SMILES string of the molecule is CC(=O)Oc1c(C)c(C)c2c(c1C)CCC(C)(CCCC(C)CCCC(C)CCCC(C)C)O2.CC1=C(/C=C/C(C)=C/C=C/C(C)=C/C=C/C=C(C)/C=C/C=C(C)/C=C/C2=C(C)CCCC2(C)C)C(C)(C)CCC1.O=C1O[C@H]([C@@H](O)CO)C(O)=C1O. The van der Waals surface area contributed by atoms with Gasteiger partial charge in [0.05, 0.1) is 6.61 Å². The highest BCUT2D eigenvalue weighted by atomic mass is 16.6. The third-order valence-electron chi connectivity index (χ3n) is 17.9. The molecule has 0 fully saturated rings. The van der Waals surface area contributed by atoms with Gasteiger partial charge in [0.1, 0.15) is 23.2 Å². The molecule has 2 heterocycles. The summed E-state index contributed by atoms with van der Waals surface area (Å²) < 4.78 is 16.5. The van der Waals surface area contributed by atoms with Crippen molar-refractivity contribution in [2.75, 3.05) is 6.61 Å². The molecule has 478 valence electrons. The number of aliphatic hydroxyl groups is 4. The van der Waals surface area contributed by atoms with Crippen molar-refractivity contribution in [3.8, 4) is 11.5 Å². The average Bonchev–Trinajstić information content (AvgIpc) is 2.18. The van der Waals surface area contributed by atoms with Gasteiger partial charge in [0.25, 0.3) is 0 Å². The molecule has 2 aliphatic carbocycles. The number of cyclic esters (lactones) is 1. The van der Waals surface area contributed by atoms with Crippen molar-refractivity contribution in [3.63, 3.8) is 0 Å². The fourth-order valence-corrected chi connectivity index (χ4v) is 12.2. The minimum Gasteiger partial charge on any atom is -0.505 e. The van der Waals surface area contributed by atoms with Gasteiger partial charge in [-0.05, 0) is 190 Å². The third kappa shape index (κ3) is 24.9.